The van der Waals surface area contributed by atoms with Crippen LogP contribution in [0.15, 0.2) is 77.8 Å². The molecule has 4 rings (SSSR count). The number of imidazole rings is 1. The fourth-order valence-corrected chi connectivity index (χ4v) is 5.92. The fourth-order valence-electron chi connectivity index (χ4n) is 4.23. The molecule has 0 aliphatic rings. The van der Waals surface area contributed by atoms with E-state index >= 15 is 0 Å². The predicted molar refractivity (Wildman–Crippen MR) is 162 cm³/mol. The molecule has 4 aromatic rings. The lowest BCUT2D eigenvalue weighted by Gasteiger charge is -2.23. The first-order valence-corrected chi connectivity index (χ1v) is 14.9. The number of carbonyl (C=O) groups excluding carboxylic acids is 1. The van der Waals surface area contributed by atoms with E-state index in [0.29, 0.717) is 33.7 Å². The molecule has 0 unspecified atom stereocenters. The van der Waals surface area contributed by atoms with Gasteiger partial charge in [-0.25, -0.2) is 13.4 Å². The first kappa shape index (κ1) is 30.9. The Hall–Kier alpha value is -4.06. The third kappa shape index (κ3) is 7.22. The average molecular weight is 613 g/mol. The van der Waals surface area contributed by atoms with Gasteiger partial charge in [0.2, 0.25) is 21.9 Å². The molecule has 3 aromatic carbocycles. The van der Waals surface area contributed by atoms with Crippen molar-refractivity contribution in [3.63, 3.8) is 0 Å². The number of carbonyl (C=O) groups is 1. The van der Waals surface area contributed by atoms with Crippen LogP contribution in [0, 0.1) is 5.92 Å². The van der Waals surface area contributed by atoms with Crippen molar-refractivity contribution in [2.24, 2.45) is 5.92 Å². The smallest absolute Gasteiger partial charge is 0.243 e. The Bertz CT molecular complexity index is 1620. The summed E-state index contributed by atoms with van der Waals surface area (Å²) in [5, 5.41) is 3.39. The zero-order valence-corrected chi connectivity index (χ0v) is 25.6. The first-order chi connectivity index (χ1) is 20.0. The van der Waals surface area contributed by atoms with Gasteiger partial charge in [-0.15, -0.1) is 0 Å². The second-order valence-corrected chi connectivity index (χ2v) is 12.2. The fraction of sp³-hybridized carbons (Fsp3) is 0.267. The standard InChI is InChI=1S/C30H33ClN4O6S/c1-20(2)17-34(42(37,38)27-12-10-24(39-3)11-13-27)19-29(36)33-30-32-28(21-6-8-22(31)9-7-21)18-35(30)23-14-25(40-4)16-26(15-23)41-5/h6-16,18,20H,17,19H2,1-5H3,(H,32,33,36). The molecule has 1 heterocycles. The quantitative estimate of drug-likeness (QED) is 0.225. The molecule has 42 heavy (non-hydrogen) atoms. The highest BCUT2D eigenvalue weighted by Crippen LogP contribution is 2.30. The molecule has 222 valence electrons. The SMILES string of the molecule is COc1ccc(S(=O)(=O)N(CC(=O)Nc2nc(-c3ccc(Cl)cc3)cn2-c2cc(OC)cc(OC)c2)CC(C)C)cc1. The normalized spacial score (nSPS) is 11.5. The van der Waals surface area contributed by atoms with E-state index in [1.807, 2.05) is 26.0 Å². The van der Waals surface area contributed by atoms with E-state index in [-0.39, 0.29) is 23.3 Å². The number of amides is 1. The number of anilines is 1. The summed E-state index contributed by atoms with van der Waals surface area (Å²) >= 11 is 6.08. The summed E-state index contributed by atoms with van der Waals surface area (Å²) in [6.07, 6.45) is 1.76. The lowest BCUT2D eigenvalue weighted by atomic mass is 10.2. The molecule has 0 fully saturated rings. The first-order valence-electron chi connectivity index (χ1n) is 13.1. The second kappa shape index (κ2) is 13.3. The highest BCUT2D eigenvalue weighted by Gasteiger charge is 2.28. The lowest BCUT2D eigenvalue weighted by Crippen LogP contribution is -2.40. The van der Waals surface area contributed by atoms with Crippen molar-refractivity contribution < 1.29 is 27.4 Å². The van der Waals surface area contributed by atoms with Crippen molar-refractivity contribution in [3.05, 3.63) is 77.9 Å². The molecule has 1 amide bonds. The molecule has 0 atom stereocenters. The Kier molecular flexibility index (Phi) is 9.77. The maximum atomic E-state index is 13.5. The van der Waals surface area contributed by atoms with Gasteiger partial charge >= 0.3 is 0 Å². The summed E-state index contributed by atoms with van der Waals surface area (Å²) in [5.41, 5.74) is 1.94. The Morgan fingerprint density at radius 1 is 0.929 bits per heavy atom. The van der Waals surface area contributed by atoms with Crippen LogP contribution in [0.25, 0.3) is 16.9 Å². The number of sulfonamides is 1. The Balaban J connectivity index is 1.70. The summed E-state index contributed by atoms with van der Waals surface area (Å²) in [7, 11) is 0.601. The summed E-state index contributed by atoms with van der Waals surface area (Å²) in [6, 6.07) is 18.4. The molecule has 1 N–H and O–H groups in total. The van der Waals surface area contributed by atoms with E-state index in [0.717, 1.165) is 9.87 Å². The molecular weight excluding hydrogens is 580 g/mol. The van der Waals surface area contributed by atoms with Crippen LogP contribution >= 0.6 is 11.6 Å². The minimum absolute atomic E-state index is 0.0337. The minimum Gasteiger partial charge on any atom is -0.497 e. The third-order valence-corrected chi connectivity index (χ3v) is 8.38. The number of rotatable bonds is 12. The molecule has 0 aliphatic heterocycles. The number of ether oxygens (including phenoxy) is 3. The molecule has 0 radical (unpaired) electrons. The van der Waals surface area contributed by atoms with Crippen molar-refractivity contribution in [2.45, 2.75) is 18.7 Å². The van der Waals surface area contributed by atoms with Crippen LogP contribution in [0.3, 0.4) is 0 Å². The zero-order chi connectivity index (χ0) is 30.4. The summed E-state index contributed by atoms with van der Waals surface area (Å²) in [5.74, 6) is 1.20. The van der Waals surface area contributed by atoms with E-state index in [9.17, 15) is 13.2 Å². The molecule has 0 aliphatic carbocycles. The van der Waals surface area contributed by atoms with Crippen molar-refractivity contribution >= 4 is 33.5 Å². The number of hydrogen-bond donors (Lipinski definition) is 1. The monoisotopic (exact) mass is 612 g/mol. The van der Waals surface area contributed by atoms with Gasteiger partial charge in [0, 0.05) is 41.5 Å². The Labute approximate surface area is 250 Å². The number of methoxy groups -OCH3 is 3. The zero-order valence-electron chi connectivity index (χ0n) is 24.0. The summed E-state index contributed by atoms with van der Waals surface area (Å²) < 4.78 is 45.9. The summed E-state index contributed by atoms with van der Waals surface area (Å²) in [4.78, 5) is 18.2. The van der Waals surface area contributed by atoms with E-state index in [4.69, 9.17) is 25.8 Å². The highest BCUT2D eigenvalue weighted by atomic mass is 35.5. The van der Waals surface area contributed by atoms with E-state index in [1.54, 1.807) is 67.4 Å². The summed E-state index contributed by atoms with van der Waals surface area (Å²) in [6.45, 7) is 3.49. The number of hydrogen-bond acceptors (Lipinski definition) is 7. The van der Waals surface area contributed by atoms with Gasteiger partial charge in [0.05, 0.1) is 44.2 Å². The maximum Gasteiger partial charge on any atom is 0.243 e. The van der Waals surface area contributed by atoms with Crippen LogP contribution in [-0.2, 0) is 14.8 Å². The Morgan fingerprint density at radius 3 is 2.07 bits per heavy atom. The minimum atomic E-state index is -3.99. The van der Waals surface area contributed by atoms with Gasteiger partial charge < -0.3 is 14.2 Å². The molecule has 0 saturated heterocycles. The average Bonchev–Trinajstić information content (AvgIpc) is 3.40. The highest BCUT2D eigenvalue weighted by molar-refractivity contribution is 7.89. The van der Waals surface area contributed by atoms with Crippen molar-refractivity contribution in [3.8, 4) is 34.2 Å². The van der Waals surface area contributed by atoms with Gasteiger partial charge in [-0.1, -0.05) is 37.6 Å². The third-order valence-electron chi connectivity index (χ3n) is 6.30. The van der Waals surface area contributed by atoms with Crippen LogP contribution in [-0.4, -0.2) is 62.6 Å². The topological polar surface area (TPSA) is 112 Å². The van der Waals surface area contributed by atoms with Crippen LogP contribution in [0.2, 0.25) is 5.02 Å². The van der Waals surface area contributed by atoms with Crippen LogP contribution in [0.4, 0.5) is 5.95 Å². The predicted octanol–water partition coefficient (Wildman–Crippen LogP) is 5.50. The van der Waals surface area contributed by atoms with Gasteiger partial charge in [-0.05, 0) is 42.3 Å². The number of nitrogens with one attached hydrogen (secondary N) is 1. The molecule has 0 saturated carbocycles. The molecular formula is C30H33ClN4O6S. The molecule has 1 aromatic heterocycles. The largest absolute Gasteiger partial charge is 0.497 e. The molecule has 0 spiro atoms. The number of benzene rings is 3. The van der Waals surface area contributed by atoms with Crippen molar-refractivity contribution in [1.29, 1.82) is 0 Å². The van der Waals surface area contributed by atoms with Crippen molar-refractivity contribution in [1.82, 2.24) is 13.9 Å². The number of halogens is 1. The molecule has 0 bridgehead atoms. The van der Waals surface area contributed by atoms with E-state index in [2.05, 4.69) is 10.3 Å². The molecule has 12 heteroatoms. The van der Waals surface area contributed by atoms with Gasteiger partial charge in [-0.3, -0.25) is 14.7 Å². The van der Waals surface area contributed by atoms with Crippen molar-refractivity contribution in [2.75, 3.05) is 39.7 Å². The van der Waals surface area contributed by atoms with Crippen LogP contribution < -0.4 is 19.5 Å². The van der Waals surface area contributed by atoms with Crippen LogP contribution in [0.1, 0.15) is 13.8 Å². The van der Waals surface area contributed by atoms with E-state index < -0.39 is 22.5 Å². The Morgan fingerprint density at radius 2 is 1.52 bits per heavy atom. The second-order valence-electron chi connectivity index (χ2n) is 9.81. The molecule has 10 nitrogen and oxygen atoms in total. The van der Waals surface area contributed by atoms with E-state index in [1.165, 1.54) is 19.2 Å². The number of nitrogens with zero attached hydrogens (tertiary/aromatic N) is 3. The maximum absolute atomic E-state index is 13.5. The van der Waals surface area contributed by atoms with Gasteiger partial charge in [0.1, 0.15) is 17.2 Å². The van der Waals surface area contributed by atoms with Crippen LogP contribution in [0.5, 0.6) is 17.2 Å². The van der Waals surface area contributed by atoms with Gasteiger partial charge in [-0.2, -0.15) is 4.31 Å². The van der Waals surface area contributed by atoms with Gasteiger partial charge in [0.25, 0.3) is 0 Å². The lowest BCUT2D eigenvalue weighted by molar-refractivity contribution is -0.116. The van der Waals surface area contributed by atoms with Gasteiger partial charge in [0.15, 0.2) is 0 Å². The number of aromatic nitrogens is 2.